The minimum atomic E-state index is -2.42. The van der Waals surface area contributed by atoms with Gasteiger partial charge in [0.05, 0.1) is 0 Å². The molecule has 0 radical (unpaired) electrons. The molecule has 1 aromatic carbocycles. The summed E-state index contributed by atoms with van der Waals surface area (Å²) in [5.41, 5.74) is 2.65. The van der Waals surface area contributed by atoms with Crippen LogP contribution < -0.4 is 4.43 Å². The third-order valence-corrected chi connectivity index (χ3v) is 11.0. The second kappa shape index (κ2) is 14.7. The summed E-state index contributed by atoms with van der Waals surface area (Å²) < 4.78 is 13.2. The van der Waals surface area contributed by atoms with Crippen molar-refractivity contribution in [1.29, 1.82) is 0 Å². The number of carbonyl (C=O) groups is 1. The van der Waals surface area contributed by atoms with Crippen LogP contribution in [0.25, 0.3) is 0 Å². The maximum Gasteiger partial charge on any atom is 0.398 e. The van der Waals surface area contributed by atoms with E-state index >= 15 is 0 Å². The summed E-state index contributed by atoms with van der Waals surface area (Å²) in [4.78, 5) is 12.3. The third kappa shape index (κ3) is 10.9. The summed E-state index contributed by atoms with van der Waals surface area (Å²) in [7, 11) is -2.42. The first-order valence-corrected chi connectivity index (χ1v) is 16.7. The van der Waals surface area contributed by atoms with Crippen LogP contribution in [-0.4, -0.2) is 26.0 Å². The van der Waals surface area contributed by atoms with Gasteiger partial charge in [0.15, 0.2) is 5.12 Å². The fraction of sp³-hybridized carbons (Fsp3) is 0.759. The van der Waals surface area contributed by atoms with Crippen molar-refractivity contribution >= 4 is 25.4 Å². The topological polar surface area (TPSA) is 35.5 Å². The minimum Gasteiger partial charge on any atom is -0.520 e. The molecule has 196 valence electrons. The molecule has 34 heavy (non-hydrogen) atoms. The van der Waals surface area contributed by atoms with Crippen LogP contribution in [0, 0.1) is 0 Å². The van der Waals surface area contributed by atoms with Crippen molar-refractivity contribution in [1.82, 2.24) is 0 Å². The Labute approximate surface area is 216 Å². The molecular weight excluding hydrogens is 456 g/mol. The van der Waals surface area contributed by atoms with Crippen LogP contribution in [0.4, 0.5) is 0 Å². The van der Waals surface area contributed by atoms with E-state index < -0.39 is 8.56 Å². The molecule has 1 unspecified atom stereocenters. The highest BCUT2D eigenvalue weighted by Gasteiger charge is 2.38. The van der Waals surface area contributed by atoms with E-state index in [0.29, 0.717) is 18.1 Å². The summed E-state index contributed by atoms with van der Waals surface area (Å²) in [6.45, 7) is 20.7. The highest BCUT2D eigenvalue weighted by Crippen LogP contribution is 2.38. The number of unbranched alkanes of at least 4 members (excludes halogenated alkanes) is 4. The van der Waals surface area contributed by atoms with Gasteiger partial charge in [0, 0.05) is 24.8 Å². The summed E-state index contributed by atoms with van der Waals surface area (Å²) in [5, 5.41) is 0.338. The van der Waals surface area contributed by atoms with Gasteiger partial charge in [0.2, 0.25) is 0 Å². The van der Waals surface area contributed by atoms with E-state index in [1.165, 1.54) is 48.6 Å². The summed E-state index contributed by atoms with van der Waals surface area (Å²) >= 11 is 1.50. The van der Waals surface area contributed by atoms with Gasteiger partial charge in [-0.3, -0.25) is 4.79 Å². The minimum absolute atomic E-state index is 0.0178. The normalized spacial score (nSPS) is 14.1. The number of rotatable bonds is 15. The molecular formula is C29H52O3SSi. The molecule has 0 heterocycles. The van der Waals surface area contributed by atoms with E-state index in [1.54, 1.807) is 0 Å². The molecule has 0 saturated carbocycles. The van der Waals surface area contributed by atoms with E-state index in [0.717, 1.165) is 36.4 Å². The standard InChI is InChI=1S/C29H52O3SSi/c1-10-13-14-15-16-18-27(30)33-21-17-22-34(12-3,31-11-2)32-26-20-19-24(28(4,5)6)23-25(26)29(7,8)9/h19-20,23H,10-18,21-22H2,1-9H3. The first-order valence-electron chi connectivity index (χ1n) is 13.5. The Morgan fingerprint density at radius 3 is 2.15 bits per heavy atom. The second-order valence-electron chi connectivity index (χ2n) is 11.5. The van der Waals surface area contributed by atoms with Gasteiger partial charge >= 0.3 is 8.56 Å². The lowest BCUT2D eigenvalue weighted by molar-refractivity contribution is -0.111. The lowest BCUT2D eigenvalue weighted by Gasteiger charge is -2.34. The zero-order valence-electron chi connectivity index (χ0n) is 23.6. The second-order valence-corrected chi connectivity index (χ2v) is 16.2. The zero-order valence-corrected chi connectivity index (χ0v) is 25.5. The van der Waals surface area contributed by atoms with Gasteiger partial charge in [0.1, 0.15) is 5.75 Å². The lowest BCUT2D eigenvalue weighted by atomic mass is 9.80. The largest absolute Gasteiger partial charge is 0.520 e. The maximum atomic E-state index is 12.3. The van der Waals surface area contributed by atoms with Crippen molar-refractivity contribution in [2.75, 3.05) is 12.4 Å². The monoisotopic (exact) mass is 508 g/mol. The molecule has 5 heteroatoms. The van der Waals surface area contributed by atoms with Gasteiger partial charge in [0.25, 0.3) is 0 Å². The van der Waals surface area contributed by atoms with E-state index in [1.807, 2.05) is 0 Å². The molecule has 1 aromatic rings. The quantitative estimate of drug-likeness (QED) is 0.175. The predicted molar refractivity (Wildman–Crippen MR) is 153 cm³/mol. The Morgan fingerprint density at radius 2 is 1.59 bits per heavy atom. The predicted octanol–water partition coefficient (Wildman–Crippen LogP) is 9.17. The molecule has 0 fully saturated rings. The average Bonchev–Trinajstić information content (AvgIpc) is 2.75. The van der Waals surface area contributed by atoms with Crippen molar-refractivity contribution in [2.24, 2.45) is 0 Å². The Hall–Kier alpha value is -0.783. The van der Waals surface area contributed by atoms with Gasteiger partial charge in [-0.25, -0.2) is 0 Å². The Morgan fingerprint density at radius 1 is 0.912 bits per heavy atom. The number of hydrogen-bond donors (Lipinski definition) is 0. The van der Waals surface area contributed by atoms with Crippen LogP contribution in [0.2, 0.25) is 12.1 Å². The van der Waals surface area contributed by atoms with Crippen molar-refractivity contribution in [3.8, 4) is 5.75 Å². The number of benzene rings is 1. The van der Waals surface area contributed by atoms with Gasteiger partial charge in [-0.1, -0.05) is 105 Å². The zero-order chi connectivity index (χ0) is 25.8. The first-order chi connectivity index (χ1) is 15.9. The van der Waals surface area contributed by atoms with Gasteiger partial charge in [-0.15, -0.1) is 0 Å². The summed E-state index contributed by atoms with van der Waals surface area (Å²) in [5.74, 6) is 1.83. The van der Waals surface area contributed by atoms with E-state index in [4.69, 9.17) is 8.85 Å². The number of hydrogen-bond acceptors (Lipinski definition) is 4. The molecule has 0 spiro atoms. The van der Waals surface area contributed by atoms with Crippen LogP contribution in [0.1, 0.15) is 118 Å². The smallest absolute Gasteiger partial charge is 0.398 e. The maximum absolute atomic E-state index is 12.3. The van der Waals surface area contributed by atoms with E-state index in [2.05, 4.69) is 80.5 Å². The van der Waals surface area contributed by atoms with Crippen LogP contribution in [-0.2, 0) is 20.1 Å². The molecule has 0 aromatic heterocycles. The molecule has 0 amide bonds. The van der Waals surface area contributed by atoms with Crippen molar-refractivity contribution in [3.05, 3.63) is 29.3 Å². The molecule has 3 nitrogen and oxygen atoms in total. The number of carbonyl (C=O) groups excluding carboxylic acids is 1. The summed E-state index contributed by atoms with van der Waals surface area (Å²) in [6, 6.07) is 8.51. The fourth-order valence-corrected chi connectivity index (χ4v) is 8.00. The number of thioether (sulfide) groups is 1. The van der Waals surface area contributed by atoms with E-state index in [9.17, 15) is 4.79 Å². The van der Waals surface area contributed by atoms with Crippen molar-refractivity contribution < 1.29 is 13.6 Å². The SMILES string of the molecule is CCCCCCCC(=O)SCCC[Si](CC)(OCC)Oc1ccc(C(C)(C)C)cc1C(C)(C)C. The van der Waals surface area contributed by atoms with Crippen LogP contribution in [0.5, 0.6) is 5.75 Å². The molecule has 0 bridgehead atoms. The van der Waals surface area contributed by atoms with Crippen LogP contribution in [0.15, 0.2) is 18.2 Å². The first kappa shape index (κ1) is 31.2. The highest BCUT2D eigenvalue weighted by atomic mass is 32.2. The van der Waals surface area contributed by atoms with E-state index in [-0.39, 0.29) is 10.8 Å². The van der Waals surface area contributed by atoms with Gasteiger partial charge in [-0.05, 0) is 53.8 Å². The highest BCUT2D eigenvalue weighted by molar-refractivity contribution is 8.13. The molecule has 0 aliphatic heterocycles. The lowest BCUT2D eigenvalue weighted by Crippen LogP contribution is -2.45. The van der Waals surface area contributed by atoms with Crippen molar-refractivity contribution in [3.63, 3.8) is 0 Å². The fourth-order valence-electron chi connectivity index (χ4n) is 4.11. The Kier molecular flexibility index (Phi) is 13.5. The molecule has 0 aliphatic carbocycles. The molecule has 1 rings (SSSR count). The van der Waals surface area contributed by atoms with Gasteiger partial charge in [-0.2, -0.15) is 0 Å². The molecule has 0 aliphatic rings. The van der Waals surface area contributed by atoms with Gasteiger partial charge < -0.3 is 8.85 Å². The van der Waals surface area contributed by atoms with Crippen molar-refractivity contribution in [2.45, 2.75) is 130 Å². The molecule has 0 N–H and O–H groups in total. The van der Waals surface area contributed by atoms with Crippen LogP contribution in [0.3, 0.4) is 0 Å². The third-order valence-electron chi connectivity index (χ3n) is 6.35. The Bertz CT molecular complexity index is 736. The Balaban J connectivity index is 2.85. The molecule has 0 saturated heterocycles. The average molecular weight is 509 g/mol. The summed E-state index contributed by atoms with van der Waals surface area (Å²) in [6.07, 6.45) is 7.64. The van der Waals surface area contributed by atoms with Crippen LogP contribution >= 0.6 is 11.8 Å². The molecule has 1 atom stereocenters.